The van der Waals surface area contributed by atoms with Gasteiger partial charge in [-0.2, -0.15) is 4.98 Å². The predicted octanol–water partition coefficient (Wildman–Crippen LogP) is 5.39. The molecule has 3 N–H and O–H groups in total. The van der Waals surface area contributed by atoms with Crippen LogP contribution in [0.15, 0.2) is 72.9 Å². The number of nitrogens with one attached hydrogen (secondary N) is 2. The number of anilines is 2. The van der Waals surface area contributed by atoms with Crippen molar-refractivity contribution in [1.82, 2.24) is 20.6 Å². The number of carbonyl (C=O) groups excluding carboxylic acids is 2. The number of hydrogen-bond donors (Lipinski definition) is 3. The van der Waals surface area contributed by atoms with Gasteiger partial charge in [0.25, 0.3) is 5.91 Å². The summed E-state index contributed by atoms with van der Waals surface area (Å²) in [6.45, 7) is 7.28. The first-order chi connectivity index (χ1) is 22.7. The number of aromatic nitrogens is 2. The SMILES string of the molecule is CCCCC(CC1(COc2ccnc(N3CCN(c4ccccc4)CC3)n2)CCC1)(NC(=O)O)C(=O)C(=O)N[C@H](C)c1ccccc1. The Bertz CT molecular complexity index is 1490. The van der Waals surface area contributed by atoms with Gasteiger partial charge >= 0.3 is 6.09 Å². The fourth-order valence-electron chi connectivity index (χ4n) is 6.72. The summed E-state index contributed by atoms with van der Waals surface area (Å²) in [6.07, 6.45) is 4.48. The van der Waals surface area contributed by atoms with E-state index in [1.165, 1.54) is 5.69 Å². The molecule has 11 nitrogen and oxygen atoms in total. The number of ether oxygens (including phenoxy) is 1. The number of carbonyl (C=O) groups is 3. The third kappa shape index (κ3) is 8.38. The molecule has 2 aliphatic rings. The monoisotopic (exact) mass is 642 g/mol. The molecule has 1 aromatic heterocycles. The Morgan fingerprint density at radius 3 is 2.26 bits per heavy atom. The van der Waals surface area contributed by atoms with Crippen LogP contribution in [-0.2, 0) is 9.59 Å². The first-order valence-electron chi connectivity index (χ1n) is 16.6. The maximum Gasteiger partial charge on any atom is 0.405 e. The standard InChI is InChI=1S/C36H46N6O5/c1-3-4-19-36(40-34(45)46,31(43)32(44)38-27(2)28-12-7-5-8-13-28)25-35(17-11-18-35)26-47-30-16-20-37-33(39-30)42-23-21-41(22-24-42)29-14-9-6-10-15-29/h5-10,12-16,20,27,40H,3-4,11,17-19,21-26H2,1-2H3,(H,38,44)(H,45,46)/t27-,36?/m1/s1. The van der Waals surface area contributed by atoms with Crippen molar-refractivity contribution in [1.29, 1.82) is 0 Å². The number of nitrogens with zero attached hydrogens (tertiary/aromatic N) is 4. The minimum atomic E-state index is -1.58. The number of para-hydroxylation sites is 1. The Balaban J connectivity index is 1.28. The summed E-state index contributed by atoms with van der Waals surface area (Å²) < 4.78 is 6.28. The number of rotatable bonds is 15. The largest absolute Gasteiger partial charge is 0.477 e. The molecule has 3 aromatic rings. The van der Waals surface area contributed by atoms with Crippen molar-refractivity contribution in [2.24, 2.45) is 5.41 Å². The minimum Gasteiger partial charge on any atom is -0.477 e. The van der Waals surface area contributed by atoms with Gasteiger partial charge in [-0.1, -0.05) is 74.7 Å². The molecule has 1 saturated heterocycles. The molecule has 2 aromatic carbocycles. The zero-order valence-electron chi connectivity index (χ0n) is 27.4. The molecule has 5 rings (SSSR count). The van der Waals surface area contributed by atoms with Gasteiger partial charge in [0, 0.05) is 49.5 Å². The molecular formula is C36H46N6O5. The highest BCUT2D eigenvalue weighted by atomic mass is 16.5. The lowest BCUT2D eigenvalue weighted by atomic mass is 9.61. The van der Waals surface area contributed by atoms with E-state index in [-0.39, 0.29) is 19.4 Å². The summed E-state index contributed by atoms with van der Waals surface area (Å²) in [4.78, 5) is 53.3. The zero-order chi connectivity index (χ0) is 33.3. The number of piperazine rings is 1. The molecule has 0 bridgehead atoms. The van der Waals surface area contributed by atoms with Crippen LogP contribution in [0, 0.1) is 5.41 Å². The molecule has 250 valence electrons. The fraction of sp³-hybridized carbons (Fsp3) is 0.472. The van der Waals surface area contributed by atoms with Crippen LogP contribution in [-0.4, -0.2) is 71.2 Å². The second kappa shape index (κ2) is 15.3. The average Bonchev–Trinajstić information content (AvgIpc) is 3.08. The van der Waals surface area contributed by atoms with Gasteiger partial charge in [-0.05, 0) is 50.3 Å². The van der Waals surface area contributed by atoms with E-state index < -0.39 is 34.8 Å². The molecule has 1 aliphatic heterocycles. The van der Waals surface area contributed by atoms with Gasteiger partial charge in [0.15, 0.2) is 0 Å². The van der Waals surface area contributed by atoms with E-state index >= 15 is 0 Å². The Hall–Kier alpha value is -4.67. The quantitative estimate of drug-likeness (QED) is 0.187. The fourth-order valence-corrected chi connectivity index (χ4v) is 6.72. The summed E-state index contributed by atoms with van der Waals surface area (Å²) in [5.41, 5.74) is -0.0273. The van der Waals surface area contributed by atoms with Crippen LogP contribution in [0.25, 0.3) is 0 Å². The van der Waals surface area contributed by atoms with Gasteiger partial charge in [-0.3, -0.25) is 9.59 Å². The summed E-state index contributed by atoms with van der Waals surface area (Å²) in [7, 11) is 0. The van der Waals surface area contributed by atoms with E-state index in [0.29, 0.717) is 18.2 Å². The molecule has 1 saturated carbocycles. The van der Waals surface area contributed by atoms with Crippen LogP contribution < -0.4 is 25.2 Å². The lowest BCUT2D eigenvalue weighted by Gasteiger charge is -2.47. The Kier molecular flexibility index (Phi) is 11.0. The lowest BCUT2D eigenvalue weighted by molar-refractivity contribution is -0.144. The molecule has 2 heterocycles. The van der Waals surface area contributed by atoms with E-state index in [2.05, 4.69) is 37.6 Å². The minimum absolute atomic E-state index is 0.164. The molecule has 2 atom stereocenters. The number of unbranched alkanes of at least 4 members (excludes halogenated alkanes) is 1. The zero-order valence-corrected chi connectivity index (χ0v) is 27.4. The lowest BCUT2D eigenvalue weighted by Crippen LogP contribution is -2.62. The van der Waals surface area contributed by atoms with E-state index in [1.54, 1.807) is 19.2 Å². The highest BCUT2D eigenvalue weighted by Crippen LogP contribution is 2.48. The predicted molar refractivity (Wildman–Crippen MR) is 181 cm³/mol. The van der Waals surface area contributed by atoms with Crippen molar-refractivity contribution in [2.75, 3.05) is 42.6 Å². The molecular weight excluding hydrogens is 596 g/mol. The van der Waals surface area contributed by atoms with Gasteiger partial charge < -0.3 is 30.3 Å². The molecule has 2 fully saturated rings. The van der Waals surface area contributed by atoms with E-state index in [4.69, 9.17) is 9.72 Å². The van der Waals surface area contributed by atoms with Gasteiger partial charge in [-0.25, -0.2) is 9.78 Å². The molecule has 2 amide bonds. The summed E-state index contributed by atoms with van der Waals surface area (Å²) in [5, 5.41) is 15.2. The maximum absolute atomic E-state index is 14.0. The topological polar surface area (TPSA) is 137 Å². The number of benzene rings is 2. The number of hydrogen-bond acceptors (Lipinski definition) is 8. The Morgan fingerprint density at radius 1 is 0.979 bits per heavy atom. The van der Waals surface area contributed by atoms with Gasteiger partial charge in [0.2, 0.25) is 17.6 Å². The molecule has 11 heteroatoms. The highest BCUT2D eigenvalue weighted by Gasteiger charge is 2.51. The summed E-state index contributed by atoms with van der Waals surface area (Å²) in [5.74, 6) is -0.532. The third-order valence-corrected chi connectivity index (χ3v) is 9.51. The molecule has 0 spiro atoms. The van der Waals surface area contributed by atoms with Crippen LogP contribution >= 0.6 is 0 Å². The van der Waals surface area contributed by atoms with Crippen LogP contribution in [0.2, 0.25) is 0 Å². The van der Waals surface area contributed by atoms with Crippen molar-refractivity contribution in [3.8, 4) is 5.88 Å². The molecule has 0 radical (unpaired) electrons. The highest BCUT2D eigenvalue weighted by molar-refractivity contribution is 6.40. The van der Waals surface area contributed by atoms with Gasteiger partial charge in [0.05, 0.1) is 12.6 Å². The molecule has 1 unspecified atom stereocenters. The van der Waals surface area contributed by atoms with Crippen molar-refractivity contribution in [2.45, 2.75) is 70.4 Å². The van der Waals surface area contributed by atoms with Crippen molar-refractivity contribution in [3.05, 3.63) is 78.5 Å². The Labute approximate surface area is 276 Å². The molecule has 1 aliphatic carbocycles. The second-order valence-corrected chi connectivity index (χ2v) is 12.9. The van der Waals surface area contributed by atoms with Crippen molar-refractivity contribution < 1.29 is 24.2 Å². The Morgan fingerprint density at radius 2 is 1.64 bits per heavy atom. The van der Waals surface area contributed by atoms with Crippen LogP contribution in [0.5, 0.6) is 5.88 Å². The van der Waals surface area contributed by atoms with E-state index in [1.807, 2.05) is 55.5 Å². The number of carboxylic acid groups (broad SMARTS) is 1. The van der Waals surface area contributed by atoms with Crippen molar-refractivity contribution >= 4 is 29.4 Å². The van der Waals surface area contributed by atoms with Crippen LogP contribution in [0.4, 0.5) is 16.4 Å². The number of Topliss-reactive ketones (excluding diaryl/α,β-unsaturated/α-hetero) is 1. The summed E-state index contributed by atoms with van der Waals surface area (Å²) in [6, 6.07) is 21.0. The number of ketones is 1. The van der Waals surface area contributed by atoms with Gasteiger partial charge in [-0.15, -0.1) is 0 Å². The van der Waals surface area contributed by atoms with E-state index in [0.717, 1.165) is 57.4 Å². The summed E-state index contributed by atoms with van der Waals surface area (Å²) >= 11 is 0. The normalized spacial score (nSPS) is 17.5. The van der Waals surface area contributed by atoms with E-state index in [9.17, 15) is 19.5 Å². The number of amides is 2. The average molecular weight is 643 g/mol. The maximum atomic E-state index is 14.0. The van der Waals surface area contributed by atoms with Crippen LogP contribution in [0.1, 0.15) is 70.4 Å². The first kappa shape index (κ1) is 33.7. The van der Waals surface area contributed by atoms with Crippen LogP contribution in [0.3, 0.4) is 0 Å². The second-order valence-electron chi connectivity index (χ2n) is 12.9. The first-order valence-corrected chi connectivity index (χ1v) is 16.6. The molecule has 47 heavy (non-hydrogen) atoms. The van der Waals surface area contributed by atoms with Crippen molar-refractivity contribution in [3.63, 3.8) is 0 Å². The third-order valence-electron chi connectivity index (χ3n) is 9.51. The van der Waals surface area contributed by atoms with Gasteiger partial charge in [0.1, 0.15) is 5.54 Å². The smallest absolute Gasteiger partial charge is 0.405 e.